The van der Waals surface area contributed by atoms with Crippen LogP contribution in [0.25, 0.3) is 0 Å². The van der Waals surface area contributed by atoms with Crippen LogP contribution in [0.15, 0.2) is 34.9 Å². The summed E-state index contributed by atoms with van der Waals surface area (Å²) in [6.45, 7) is 12.8. The van der Waals surface area contributed by atoms with Gasteiger partial charge in [-0.15, -0.1) is 0 Å². The first-order chi connectivity index (χ1) is 10.1. The van der Waals surface area contributed by atoms with Crippen molar-refractivity contribution in [2.75, 3.05) is 0 Å². The van der Waals surface area contributed by atoms with Gasteiger partial charge >= 0.3 is 0 Å². The summed E-state index contributed by atoms with van der Waals surface area (Å²) in [4.78, 5) is 0. The van der Waals surface area contributed by atoms with Crippen molar-refractivity contribution in [3.05, 3.63) is 41.9 Å². The molecule has 0 saturated heterocycles. The van der Waals surface area contributed by atoms with Crippen LogP contribution < -0.4 is 0 Å². The quantitative estimate of drug-likeness (QED) is 0.256. The van der Waals surface area contributed by atoms with Gasteiger partial charge in [0.2, 0.25) is 0 Å². The van der Waals surface area contributed by atoms with Crippen molar-refractivity contribution < 1.29 is 0 Å². The zero-order valence-electron chi connectivity index (χ0n) is 15.0. The van der Waals surface area contributed by atoms with E-state index in [1.54, 1.807) is 5.57 Å². The molecule has 0 fully saturated rings. The Kier molecular flexibility index (Phi) is 13.6. The molecule has 0 aliphatic heterocycles. The van der Waals surface area contributed by atoms with Crippen LogP contribution in [0.1, 0.15) is 91.9 Å². The van der Waals surface area contributed by atoms with Crippen molar-refractivity contribution in [1.82, 2.24) is 0 Å². The van der Waals surface area contributed by atoms with Crippen LogP contribution in [-0.4, -0.2) is 0 Å². The van der Waals surface area contributed by atoms with E-state index in [-0.39, 0.29) is 0 Å². The number of allylic oxidation sites excluding steroid dienone is 6. The van der Waals surface area contributed by atoms with E-state index in [4.69, 9.17) is 0 Å². The lowest BCUT2D eigenvalue weighted by molar-refractivity contribution is 0.630. The van der Waals surface area contributed by atoms with Gasteiger partial charge in [0.15, 0.2) is 0 Å². The van der Waals surface area contributed by atoms with Gasteiger partial charge in [-0.3, -0.25) is 0 Å². The Morgan fingerprint density at radius 3 is 1.81 bits per heavy atom. The maximum Gasteiger partial charge on any atom is -0.0288 e. The van der Waals surface area contributed by atoms with E-state index >= 15 is 0 Å². The molecule has 0 N–H and O–H groups in total. The van der Waals surface area contributed by atoms with Gasteiger partial charge in [-0.05, 0) is 66.2 Å². The van der Waals surface area contributed by atoms with Gasteiger partial charge in [0.25, 0.3) is 0 Å². The molecule has 0 rings (SSSR count). The fourth-order valence-electron chi connectivity index (χ4n) is 2.41. The molecular weight excluding hydrogens is 252 g/mol. The SMILES string of the molecule is [CH2]/C=C(\C)CC/C=C(\C)CC/C=C(\C)CCCCCCC. The molecule has 0 nitrogen and oxygen atoms in total. The Morgan fingerprint density at radius 1 is 0.714 bits per heavy atom. The Morgan fingerprint density at radius 2 is 1.24 bits per heavy atom. The van der Waals surface area contributed by atoms with E-state index in [2.05, 4.69) is 46.8 Å². The maximum absolute atomic E-state index is 3.80. The van der Waals surface area contributed by atoms with Gasteiger partial charge < -0.3 is 0 Å². The summed E-state index contributed by atoms with van der Waals surface area (Å²) >= 11 is 0. The van der Waals surface area contributed by atoms with Crippen molar-refractivity contribution in [2.24, 2.45) is 0 Å². The Balaban J connectivity index is 3.73. The molecule has 0 aliphatic carbocycles. The molecule has 0 spiro atoms. The minimum absolute atomic E-state index is 1.15. The van der Waals surface area contributed by atoms with Crippen LogP contribution in [0.4, 0.5) is 0 Å². The largest absolute Gasteiger partial charge is 0.0853 e. The van der Waals surface area contributed by atoms with Crippen molar-refractivity contribution in [1.29, 1.82) is 0 Å². The second kappa shape index (κ2) is 14.2. The molecule has 0 bridgehead atoms. The fraction of sp³-hybridized carbons (Fsp3) is 0.667. The molecule has 0 aromatic heterocycles. The van der Waals surface area contributed by atoms with Crippen LogP contribution in [-0.2, 0) is 0 Å². The van der Waals surface area contributed by atoms with Gasteiger partial charge in [-0.25, -0.2) is 0 Å². The molecule has 0 aromatic rings. The highest BCUT2D eigenvalue weighted by Gasteiger charge is 1.94. The lowest BCUT2D eigenvalue weighted by Gasteiger charge is -2.03. The number of rotatable bonds is 12. The van der Waals surface area contributed by atoms with E-state index in [0.717, 1.165) is 12.8 Å². The first kappa shape index (κ1) is 20.2. The van der Waals surface area contributed by atoms with Gasteiger partial charge in [-0.1, -0.05) is 67.6 Å². The number of hydrogen-bond acceptors (Lipinski definition) is 0. The second-order valence-corrected chi connectivity index (χ2v) is 6.39. The van der Waals surface area contributed by atoms with Crippen LogP contribution in [0.3, 0.4) is 0 Å². The molecule has 0 heterocycles. The minimum Gasteiger partial charge on any atom is -0.0853 e. The monoisotopic (exact) mass is 289 g/mol. The molecule has 0 atom stereocenters. The summed E-state index contributed by atoms with van der Waals surface area (Å²) in [5.74, 6) is 0. The first-order valence-electron chi connectivity index (χ1n) is 8.86. The van der Waals surface area contributed by atoms with Gasteiger partial charge in [-0.2, -0.15) is 0 Å². The molecule has 0 amide bonds. The third-order valence-corrected chi connectivity index (χ3v) is 4.09. The average Bonchev–Trinajstić information content (AvgIpc) is 2.46. The van der Waals surface area contributed by atoms with Gasteiger partial charge in [0, 0.05) is 0 Å². The molecule has 0 saturated carbocycles. The van der Waals surface area contributed by atoms with Gasteiger partial charge in [0.1, 0.15) is 0 Å². The third kappa shape index (κ3) is 13.9. The summed E-state index contributed by atoms with van der Waals surface area (Å²) < 4.78 is 0. The second-order valence-electron chi connectivity index (χ2n) is 6.39. The topological polar surface area (TPSA) is 0 Å². The summed E-state index contributed by atoms with van der Waals surface area (Å²) in [5, 5.41) is 0. The zero-order chi connectivity index (χ0) is 15.9. The Hall–Kier alpha value is -0.780. The summed E-state index contributed by atoms with van der Waals surface area (Å²) in [6.07, 6.45) is 19.7. The third-order valence-electron chi connectivity index (χ3n) is 4.09. The van der Waals surface area contributed by atoms with E-state index < -0.39 is 0 Å². The highest BCUT2D eigenvalue weighted by atomic mass is 14.0. The standard InChI is InChI=1S/C21H37/c1-6-8-9-10-11-14-20(4)17-13-18-21(5)16-12-15-19(3)7-2/h7,16-17H,2,6,8-15,18H2,1,3-5H3/b19-7+,20-17+,21-16+. The van der Waals surface area contributed by atoms with E-state index in [9.17, 15) is 0 Å². The Bertz CT molecular complexity index is 328. The molecule has 0 unspecified atom stereocenters. The molecular formula is C21H37. The summed E-state index contributed by atoms with van der Waals surface area (Å²) in [7, 11) is 0. The summed E-state index contributed by atoms with van der Waals surface area (Å²) in [6, 6.07) is 0. The number of hydrogen-bond donors (Lipinski definition) is 0. The molecule has 21 heavy (non-hydrogen) atoms. The van der Waals surface area contributed by atoms with E-state index in [0.29, 0.717) is 0 Å². The van der Waals surface area contributed by atoms with Crippen molar-refractivity contribution >= 4 is 0 Å². The lowest BCUT2D eigenvalue weighted by Crippen LogP contribution is -1.83. The van der Waals surface area contributed by atoms with Crippen molar-refractivity contribution in [3.63, 3.8) is 0 Å². The zero-order valence-corrected chi connectivity index (χ0v) is 15.0. The average molecular weight is 290 g/mol. The molecule has 121 valence electrons. The predicted octanol–water partition coefficient (Wildman–Crippen LogP) is 7.58. The normalized spacial score (nSPS) is 13.9. The molecule has 1 radical (unpaired) electrons. The van der Waals surface area contributed by atoms with Crippen LogP contribution in [0, 0.1) is 6.92 Å². The molecule has 0 heteroatoms. The van der Waals surface area contributed by atoms with Crippen LogP contribution >= 0.6 is 0 Å². The van der Waals surface area contributed by atoms with Crippen molar-refractivity contribution in [3.8, 4) is 0 Å². The minimum atomic E-state index is 1.15. The number of unbranched alkanes of at least 4 members (excludes halogenated alkanes) is 4. The van der Waals surface area contributed by atoms with Gasteiger partial charge in [0.05, 0.1) is 0 Å². The lowest BCUT2D eigenvalue weighted by atomic mass is 10.0. The maximum atomic E-state index is 3.80. The predicted molar refractivity (Wildman–Crippen MR) is 98.5 cm³/mol. The van der Waals surface area contributed by atoms with Crippen LogP contribution in [0.5, 0.6) is 0 Å². The van der Waals surface area contributed by atoms with E-state index in [1.807, 2.05) is 6.08 Å². The molecule has 0 aromatic carbocycles. The highest BCUT2D eigenvalue weighted by molar-refractivity contribution is 5.06. The summed E-state index contributed by atoms with van der Waals surface area (Å²) in [5.41, 5.74) is 4.49. The fourth-order valence-corrected chi connectivity index (χ4v) is 2.41. The Labute approximate surface area is 134 Å². The highest BCUT2D eigenvalue weighted by Crippen LogP contribution is 2.14. The van der Waals surface area contributed by atoms with E-state index in [1.165, 1.54) is 62.5 Å². The first-order valence-corrected chi connectivity index (χ1v) is 8.86. The molecule has 0 aliphatic rings. The smallest absolute Gasteiger partial charge is 0.0288 e. The van der Waals surface area contributed by atoms with Crippen LogP contribution in [0.2, 0.25) is 0 Å². The van der Waals surface area contributed by atoms with Crippen molar-refractivity contribution in [2.45, 2.75) is 91.9 Å².